The fourth-order valence-corrected chi connectivity index (χ4v) is 3.07. The van der Waals surface area contributed by atoms with Crippen molar-refractivity contribution >= 4 is 34.1 Å². The summed E-state index contributed by atoms with van der Waals surface area (Å²) in [6.45, 7) is 3.88. The van der Waals surface area contributed by atoms with Crippen molar-refractivity contribution in [2.75, 3.05) is 5.32 Å². The number of nitrogens with one attached hydrogen (secondary N) is 2. The van der Waals surface area contributed by atoms with Gasteiger partial charge in [0.2, 0.25) is 11.0 Å². The van der Waals surface area contributed by atoms with Crippen molar-refractivity contribution in [3.05, 3.63) is 27.6 Å². The highest BCUT2D eigenvalue weighted by Gasteiger charge is 2.20. The number of carbonyl (C=O) groups excluding carboxylic acids is 1. The van der Waals surface area contributed by atoms with Crippen LogP contribution in [0.1, 0.15) is 25.3 Å². The zero-order valence-corrected chi connectivity index (χ0v) is 13.3. The number of rotatable bonds is 6. The van der Waals surface area contributed by atoms with Gasteiger partial charge in [-0.15, -0.1) is 10.2 Å². The second kappa shape index (κ2) is 7.32. The molecule has 0 aliphatic heterocycles. The molecule has 9 heteroatoms. The number of hydrogen-bond donors (Lipinski definition) is 2. The van der Waals surface area contributed by atoms with Gasteiger partial charge >= 0.3 is 0 Å². The van der Waals surface area contributed by atoms with Crippen LogP contribution >= 0.6 is 23.1 Å². The molecule has 1 amide bonds. The molecule has 0 aromatic carbocycles. The molecule has 2 aromatic rings. The molecule has 0 saturated carbocycles. The number of aryl methyl sites for hydroxylation is 1. The molecule has 2 rings (SSSR count). The van der Waals surface area contributed by atoms with Crippen LogP contribution in [0.4, 0.5) is 5.13 Å². The summed E-state index contributed by atoms with van der Waals surface area (Å²) in [5.41, 5.74) is -0.237. The molecule has 2 aromatic heterocycles. The fraction of sp³-hybridized carbons (Fsp3) is 0.417. The molecule has 21 heavy (non-hydrogen) atoms. The van der Waals surface area contributed by atoms with Crippen LogP contribution in [0.3, 0.4) is 0 Å². The summed E-state index contributed by atoms with van der Waals surface area (Å²) >= 11 is 2.58. The zero-order valence-electron chi connectivity index (χ0n) is 11.6. The first-order chi connectivity index (χ1) is 10.1. The molecule has 1 atom stereocenters. The van der Waals surface area contributed by atoms with Crippen molar-refractivity contribution in [2.45, 2.75) is 37.1 Å². The van der Waals surface area contributed by atoms with Crippen LogP contribution in [-0.4, -0.2) is 31.3 Å². The lowest BCUT2D eigenvalue weighted by atomic mass is 10.3. The lowest BCUT2D eigenvalue weighted by Crippen LogP contribution is -2.25. The molecule has 0 spiro atoms. The standard InChI is InChI=1S/C12H15N5O2S2/c1-3-7(20-11-13-6-5-8(18)14-11)10(19)15-12-17-16-9(4-2)21-12/h5-7H,3-4H2,1-2H3,(H,13,14,18)(H,15,17,19). The second-order valence-corrected chi connectivity index (χ2v) is 6.35. The molecule has 7 nitrogen and oxygen atoms in total. The predicted octanol–water partition coefficient (Wildman–Crippen LogP) is 1.69. The van der Waals surface area contributed by atoms with E-state index in [1.54, 1.807) is 0 Å². The molecule has 112 valence electrons. The van der Waals surface area contributed by atoms with Crippen LogP contribution in [0, 0.1) is 0 Å². The van der Waals surface area contributed by atoms with Crippen molar-refractivity contribution in [3.8, 4) is 0 Å². The van der Waals surface area contributed by atoms with Gasteiger partial charge in [-0.05, 0) is 12.8 Å². The first-order valence-electron chi connectivity index (χ1n) is 6.47. The quantitative estimate of drug-likeness (QED) is 0.619. The Morgan fingerprint density at radius 1 is 1.48 bits per heavy atom. The van der Waals surface area contributed by atoms with E-state index in [9.17, 15) is 9.59 Å². The van der Waals surface area contributed by atoms with Crippen LogP contribution in [0.5, 0.6) is 0 Å². The minimum atomic E-state index is -0.357. The molecule has 0 aliphatic carbocycles. The third-order valence-corrected chi connectivity index (χ3v) is 4.81. The summed E-state index contributed by atoms with van der Waals surface area (Å²) in [6, 6.07) is 1.33. The largest absolute Gasteiger partial charge is 0.301 e. The number of aromatic amines is 1. The Labute approximate surface area is 129 Å². The van der Waals surface area contributed by atoms with Crippen molar-refractivity contribution < 1.29 is 4.79 Å². The number of anilines is 1. The fourth-order valence-electron chi connectivity index (χ4n) is 1.50. The van der Waals surface area contributed by atoms with Gasteiger partial charge in [0.15, 0.2) is 5.16 Å². The number of nitrogens with zero attached hydrogens (tertiary/aromatic N) is 3. The van der Waals surface area contributed by atoms with Gasteiger partial charge in [0.05, 0.1) is 5.25 Å². The first-order valence-corrected chi connectivity index (χ1v) is 8.17. The van der Waals surface area contributed by atoms with Crippen LogP contribution < -0.4 is 10.9 Å². The number of hydrogen-bond acceptors (Lipinski definition) is 7. The Kier molecular flexibility index (Phi) is 5.45. The van der Waals surface area contributed by atoms with Gasteiger partial charge in [0, 0.05) is 12.3 Å². The summed E-state index contributed by atoms with van der Waals surface area (Å²) in [6.07, 6.45) is 2.81. The summed E-state index contributed by atoms with van der Waals surface area (Å²) in [4.78, 5) is 30.1. The zero-order chi connectivity index (χ0) is 15.2. The van der Waals surface area contributed by atoms with E-state index in [1.165, 1.54) is 35.4 Å². The summed E-state index contributed by atoms with van der Waals surface area (Å²) in [5.74, 6) is -0.173. The van der Waals surface area contributed by atoms with Crippen LogP contribution in [0.25, 0.3) is 0 Å². The summed E-state index contributed by atoms with van der Waals surface area (Å²) in [5, 5.41) is 12.1. The molecule has 1 unspecified atom stereocenters. The second-order valence-electron chi connectivity index (χ2n) is 4.10. The van der Waals surface area contributed by atoms with Crippen LogP contribution in [0.15, 0.2) is 22.2 Å². The van der Waals surface area contributed by atoms with E-state index < -0.39 is 0 Å². The lowest BCUT2D eigenvalue weighted by molar-refractivity contribution is -0.115. The van der Waals surface area contributed by atoms with Gasteiger partial charge in [0.1, 0.15) is 5.01 Å². The number of thioether (sulfide) groups is 1. The molecule has 0 aliphatic rings. The van der Waals surface area contributed by atoms with Crippen molar-refractivity contribution in [1.82, 2.24) is 20.2 Å². The highest BCUT2D eigenvalue weighted by molar-refractivity contribution is 8.00. The average molecular weight is 325 g/mol. The lowest BCUT2D eigenvalue weighted by Gasteiger charge is -2.12. The molecule has 0 bridgehead atoms. The molecule has 2 N–H and O–H groups in total. The Hall–Kier alpha value is -1.74. The minimum absolute atomic E-state index is 0.173. The number of amides is 1. The van der Waals surface area contributed by atoms with E-state index in [4.69, 9.17) is 0 Å². The summed E-state index contributed by atoms with van der Waals surface area (Å²) < 4.78 is 0. The van der Waals surface area contributed by atoms with E-state index in [2.05, 4.69) is 25.5 Å². The van der Waals surface area contributed by atoms with Crippen LogP contribution in [-0.2, 0) is 11.2 Å². The maximum absolute atomic E-state index is 12.2. The third kappa shape index (κ3) is 4.36. The molecule has 2 heterocycles. The topological polar surface area (TPSA) is 101 Å². The minimum Gasteiger partial charge on any atom is -0.301 e. The van der Waals surface area contributed by atoms with Gasteiger partial charge in [-0.2, -0.15) is 0 Å². The van der Waals surface area contributed by atoms with E-state index in [-0.39, 0.29) is 16.7 Å². The first kappa shape index (κ1) is 15.6. The summed E-state index contributed by atoms with van der Waals surface area (Å²) in [7, 11) is 0. The van der Waals surface area contributed by atoms with Crippen molar-refractivity contribution in [1.29, 1.82) is 0 Å². The normalized spacial score (nSPS) is 12.1. The van der Waals surface area contributed by atoms with E-state index in [0.717, 1.165) is 11.4 Å². The van der Waals surface area contributed by atoms with E-state index in [1.807, 2.05) is 13.8 Å². The van der Waals surface area contributed by atoms with Gasteiger partial charge in [-0.3, -0.25) is 14.9 Å². The maximum atomic E-state index is 12.2. The Bertz CT molecular complexity index is 669. The molecule has 0 fully saturated rings. The Morgan fingerprint density at radius 3 is 2.90 bits per heavy atom. The molecule has 0 saturated heterocycles. The Balaban J connectivity index is 2.02. The van der Waals surface area contributed by atoms with Gasteiger partial charge in [-0.25, -0.2) is 4.98 Å². The van der Waals surface area contributed by atoms with Gasteiger partial charge in [0.25, 0.3) is 5.56 Å². The monoisotopic (exact) mass is 325 g/mol. The SMILES string of the molecule is CCc1nnc(NC(=O)C(CC)Sc2nccc(=O)[nH]2)s1. The predicted molar refractivity (Wildman–Crippen MR) is 82.7 cm³/mol. The number of aromatic nitrogens is 4. The smallest absolute Gasteiger partial charge is 0.251 e. The van der Waals surface area contributed by atoms with Crippen molar-refractivity contribution in [2.24, 2.45) is 0 Å². The number of carbonyl (C=O) groups is 1. The average Bonchev–Trinajstić information content (AvgIpc) is 2.92. The number of H-pyrrole nitrogens is 1. The molecular formula is C12H15N5O2S2. The van der Waals surface area contributed by atoms with Gasteiger partial charge < -0.3 is 4.98 Å². The van der Waals surface area contributed by atoms with Gasteiger partial charge in [-0.1, -0.05) is 36.9 Å². The van der Waals surface area contributed by atoms with Crippen molar-refractivity contribution in [3.63, 3.8) is 0 Å². The highest BCUT2D eigenvalue weighted by Crippen LogP contribution is 2.23. The molecular weight excluding hydrogens is 310 g/mol. The third-order valence-electron chi connectivity index (χ3n) is 2.56. The van der Waals surface area contributed by atoms with E-state index >= 15 is 0 Å². The van der Waals surface area contributed by atoms with Crippen LogP contribution in [0.2, 0.25) is 0 Å². The maximum Gasteiger partial charge on any atom is 0.251 e. The highest BCUT2D eigenvalue weighted by atomic mass is 32.2. The van der Waals surface area contributed by atoms with E-state index in [0.29, 0.717) is 16.7 Å². The molecule has 0 radical (unpaired) electrons. The Morgan fingerprint density at radius 2 is 2.29 bits per heavy atom.